The first-order chi connectivity index (χ1) is 14.8. The second kappa shape index (κ2) is 8.13. The molecule has 0 saturated carbocycles. The van der Waals surface area contributed by atoms with Gasteiger partial charge in [-0.1, -0.05) is 42.5 Å². The molecule has 2 aromatic heterocycles. The van der Waals surface area contributed by atoms with Gasteiger partial charge in [0.05, 0.1) is 11.2 Å². The second-order valence-corrected chi connectivity index (χ2v) is 7.78. The molecule has 0 bridgehead atoms. The molecule has 0 atom stereocenters. The molecule has 0 aliphatic carbocycles. The summed E-state index contributed by atoms with van der Waals surface area (Å²) >= 11 is 0. The quantitative estimate of drug-likeness (QED) is 0.568. The number of para-hydroxylation sites is 1. The summed E-state index contributed by atoms with van der Waals surface area (Å²) in [6, 6.07) is 22.3. The highest BCUT2D eigenvalue weighted by molar-refractivity contribution is 5.90. The molecule has 1 aliphatic heterocycles. The number of nitrogens with zero attached hydrogens (tertiary/aromatic N) is 3. The number of rotatable bonds is 4. The van der Waals surface area contributed by atoms with E-state index in [0.717, 1.165) is 54.9 Å². The normalized spacial score (nSPS) is 14.9. The molecule has 1 fully saturated rings. The summed E-state index contributed by atoms with van der Waals surface area (Å²) in [4.78, 5) is 24.1. The van der Waals surface area contributed by atoms with E-state index in [1.807, 2.05) is 30.6 Å². The Morgan fingerprint density at radius 1 is 0.833 bits per heavy atom. The topological polar surface area (TPSA) is 52.2 Å². The largest absolute Gasteiger partial charge is 0.367 e. The van der Waals surface area contributed by atoms with Crippen molar-refractivity contribution in [1.82, 2.24) is 14.9 Å². The molecule has 30 heavy (non-hydrogen) atoms. The van der Waals surface area contributed by atoms with Crippen LogP contribution < -0.4 is 10.5 Å². The Labute approximate surface area is 175 Å². The number of aromatic nitrogens is 2. The highest BCUT2D eigenvalue weighted by Gasteiger charge is 2.19. The molecular weight excluding hydrogens is 372 g/mol. The minimum Gasteiger partial charge on any atom is -0.367 e. The zero-order valence-electron chi connectivity index (χ0n) is 16.8. The average Bonchev–Trinajstić information content (AvgIpc) is 2.80. The maximum atomic E-state index is 11.8. The smallest absolute Gasteiger partial charge is 0.248 e. The van der Waals surface area contributed by atoms with Crippen LogP contribution in [0.3, 0.4) is 0 Å². The van der Waals surface area contributed by atoms with E-state index in [2.05, 4.69) is 62.2 Å². The lowest BCUT2D eigenvalue weighted by atomic mass is 10.1. The highest BCUT2D eigenvalue weighted by atomic mass is 16.1. The van der Waals surface area contributed by atoms with Gasteiger partial charge in [-0.2, -0.15) is 0 Å². The zero-order chi connectivity index (χ0) is 20.3. The predicted octanol–water partition coefficient (Wildman–Crippen LogP) is 3.91. The highest BCUT2D eigenvalue weighted by Crippen LogP contribution is 2.25. The van der Waals surface area contributed by atoms with E-state index >= 15 is 0 Å². The van der Waals surface area contributed by atoms with E-state index in [9.17, 15) is 4.79 Å². The number of nitrogens with one attached hydrogen (secondary N) is 1. The van der Waals surface area contributed by atoms with Crippen molar-refractivity contribution in [2.24, 2.45) is 0 Å². The third-order valence-electron chi connectivity index (χ3n) is 5.76. The summed E-state index contributed by atoms with van der Waals surface area (Å²) in [5, 5.41) is 1.07. The van der Waals surface area contributed by atoms with E-state index in [-0.39, 0.29) is 5.56 Å². The number of H-pyrrole nitrogens is 1. The second-order valence-electron chi connectivity index (χ2n) is 7.78. The van der Waals surface area contributed by atoms with Gasteiger partial charge < -0.3 is 9.88 Å². The van der Waals surface area contributed by atoms with Gasteiger partial charge in [0.1, 0.15) is 0 Å². The first-order valence-electron chi connectivity index (χ1n) is 10.3. The lowest BCUT2D eigenvalue weighted by Crippen LogP contribution is -2.46. The Bertz CT molecular complexity index is 1210. The average molecular weight is 396 g/mol. The van der Waals surface area contributed by atoms with Crippen LogP contribution in [0.1, 0.15) is 5.56 Å². The first kappa shape index (κ1) is 18.6. The van der Waals surface area contributed by atoms with E-state index < -0.39 is 0 Å². The molecule has 5 heteroatoms. The summed E-state index contributed by atoms with van der Waals surface area (Å²) in [6.07, 6.45) is 3.90. The predicted molar refractivity (Wildman–Crippen MR) is 122 cm³/mol. The summed E-state index contributed by atoms with van der Waals surface area (Å²) in [7, 11) is 0. The third kappa shape index (κ3) is 3.84. The molecule has 2 aromatic carbocycles. The van der Waals surface area contributed by atoms with Crippen LogP contribution >= 0.6 is 0 Å². The fraction of sp³-hybridized carbons (Fsp3) is 0.200. The number of pyridine rings is 2. The number of hydrogen-bond acceptors (Lipinski definition) is 4. The van der Waals surface area contributed by atoms with Crippen molar-refractivity contribution in [3.63, 3.8) is 0 Å². The number of piperazine rings is 1. The molecule has 1 N–H and O–H groups in total. The first-order valence-corrected chi connectivity index (χ1v) is 10.3. The van der Waals surface area contributed by atoms with E-state index in [4.69, 9.17) is 0 Å². The fourth-order valence-electron chi connectivity index (χ4n) is 4.19. The monoisotopic (exact) mass is 396 g/mol. The van der Waals surface area contributed by atoms with Gasteiger partial charge in [0.15, 0.2) is 0 Å². The maximum Gasteiger partial charge on any atom is 0.248 e. The van der Waals surface area contributed by atoms with Crippen molar-refractivity contribution < 1.29 is 0 Å². The van der Waals surface area contributed by atoms with E-state index in [0.29, 0.717) is 0 Å². The summed E-state index contributed by atoms with van der Waals surface area (Å²) in [6.45, 7) is 4.71. The SMILES string of the molecule is O=c1ccc2cccc(N3CCN(Cc4cncc(-c5ccccc5)c4)CC3)c2[nH]1. The van der Waals surface area contributed by atoms with Crippen LogP contribution in [0.5, 0.6) is 0 Å². The van der Waals surface area contributed by atoms with Gasteiger partial charge >= 0.3 is 0 Å². The van der Waals surface area contributed by atoms with Crippen molar-refractivity contribution in [2.45, 2.75) is 6.54 Å². The van der Waals surface area contributed by atoms with Gasteiger partial charge in [-0.15, -0.1) is 0 Å². The van der Waals surface area contributed by atoms with Crippen LogP contribution in [0.2, 0.25) is 0 Å². The van der Waals surface area contributed by atoms with Gasteiger partial charge in [0.25, 0.3) is 0 Å². The number of anilines is 1. The van der Waals surface area contributed by atoms with Gasteiger partial charge in [-0.3, -0.25) is 14.7 Å². The van der Waals surface area contributed by atoms with E-state index in [1.54, 1.807) is 6.07 Å². The molecule has 3 heterocycles. The summed E-state index contributed by atoms with van der Waals surface area (Å²) in [5.41, 5.74) is 5.57. The number of fused-ring (bicyclic) bond motifs is 1. The number of aromatic amines is 1. The van der Waals surface area contributed by atoms with E-state index in [1.165, 1.54) is 11.1 Å². The van der Waals surface area contributed by atoms with Crippen LogP contribution in [0, 0.1) is 0 Å². The van der Waals surface area contributed by atoms with Crippen molar-refractivity contribution >= 4 is 16.6 Å². The molecule has 1 aliphatic rings. The molecule has 0 amide bonds. The Balaban J connectivity index is 1.28. The zero-order valence-corrected chi connectivity index (χ0v) is 16.8. The molecule has 5 nitrogen and oxygen atoms in total. The standard InChI is InChI=1S/C25H24N4O/c30-24-10-9-21-7-4-8-23(25(21)27-24)29-13-11-28(12-14-29)18-19-15-22(17-26-16-19)20-5-2-1-3-6-20/h1-10,15-17H,11-14,18H2,(H,27,30). The van der Waals surface area contributed by atoms with Crippen molar-refractivity contribution in [3.05, 3.63) is 95.0 Å². The van der Waals surface area contributed by atoms with Gasteiger partial charge in [0.2, 0.25) is 5.56 Å². The molecule has 0 unspecified atom stereocenters. The lowest BCUT2D eigenvalue weighted by molar-refractivity contribution is 0.250. The van der Waals surface area contributed by atoms with Gasteiger partial charge in [-0.05, 0) is 29.3 Å². The maximum absolute atomic E-state index is 11.8. The molecule has 5 rings (SSSR count). The van der Waals surface area contributed by atoms with Crippen LogP contribution in [-0.2, 0) is 6.54 Å². The Morgan fingerprint density at radius 2 is 1.67 bits per heavy atom. The van der Waals surface area contributed by atoms with Crippen LogP contribution in [0.25, 0.3) is 22.0 Å². The van der Waals surface area contributed by atoms with Crippen molar-refractivity contribution in [3.8, 4) is 11.1 Å². The van der Waals surface area contributed by atoms with Crippen LogP contribution in [0.4, 0.5) is 5.69 Å². The van der Waals surface area contributed by atoms with Gasteiger partial charge in [0, 0.05) is 62.1 Å². The Morgan fingerprint density at radius 3 is 2.50 bits per heavy atom. The van der Waals surface area contributed by atoms with Crippen molar-refractivity contribution in [2.75, 3.05) is 31.1 Å². The van der Waals surface area contributed by atoms with Crippen molar-refractivity contribution in [1.29, 1.82) is 0 Å². The minimum atomic E-state index is -0.0561. The fourth-order valence-corrected chi connectivity index (χ4v) is 4.19. The molecular formula is C25H24N4O. The molecule has 1 saturated heterocycles. The minimum absolute atomic E-state index is 0.0561. The van der Waals surface area contributed by atoms with Crippen LogP contribution in [-0.4, -0.2) is 41.0 Å². The molecule has 150 valence electrons. The third-order valence-corrected chi connectivity index (χ3v) is 5.76. The van der Waals surface area contributed by atoms with Crippen LogP contribution in [0.15, 0.2) is 83.9 Å². The molecule has 0 radical (unpaired) electrons. The Kier molecular flexibility index (Phi) is 5.03. The van der Waals surface area contributed by atoms with Gasteiger partial charge in [-0.25, -0.2) is 0 Å². The summed E-state index contributed by atoms with van der Waals surface area (Å²) in [5.74, 6) is 0. The lowest BCUT2D eigenvalue weighted by Gasteiger charge is -2.36. The molecule has 4 aromatic rings. The number of benzene rings is 2. The number of hydrogen-bond donors (Lipinski definition) is 1. The summed E-state index contributed by atoms with van der Waals surface area (Å²) < 4.78 is 0. The molecule has 0 spiro atoms. The Hall–Kier alpha value is -3.44.